The summed E-state index contributed by atoms with van der Waals surface area (Å²) >= 11 is 5.61. The van der Waals surface area contributed by atoms with Crippen LogP contribution in [-0.4, -0.2) is 16.1 Å². The molecule has 0 atom stereocenters. The predicted octanol–water partition coefficient (Wildman–Crippen LogP) is 3.09. The Labute approximate surface area is 103 Å². The van der Waals surface area contributed by atoms with Gasteiger partial charge in [-0.25, -0.2) is 9.07 Å². The van der Waals surface area contributed by atoms with Crippen molar-refractivity contribution in [1.82, 2.24) is 9.78 Å². The zero-order valence-corrected chi connectivity index (χ0v) is 10.1. The van der Waals surface area contributed by atoms with E-state index < -0.39 is 5.82 Å². The average molecular weight is 253 g/mol. The Morgan fingerprint density at radius 1 is 1.41 bits per heavy atom. The van der Waals surface area contributed by atoms with Gasteiger partial charge in [-0.2, -0.15) is 5.10 Å². The number of hydrogen-bond donors (Lipinski definition) is 0. The van der Waals surface area contributed by atoms with E-state index in [-0.39, 0.29) is 5.02 Å². The van der Waals surface area contributed by atoms with Crippen molar-refractivity contribution in [3.8, 4) is 5.69 Å². The van der Waals surface area contributed by atoms with E-state index in [4.69, 9.17) is 11.6 Å². The molecule has 1 aromatic heterocycles. The zero-order valence-electron chi connectivity index (χ0n) is 9.37. The maximum atomic E-state index is 13.3. The van der Waals surface area contributed by atoms with E-state index in [9.17, 15) is 9.18 Å². The summed E-state index contributed by atoms with van der Waals surface area (Å²) in [5.74, 6) is -0.510. The Morgan fingerprint density at radius 2 is 2.12 bits per heavy atom. The number of carbonyl (C=O) groups is 1. The molecule has 1 aromatic carbocycles. The van der Waals surface area contributed by atoms with Gasteiger partial charge in [0.2, 0.25) is 0 Å². The highest BCUT2D eigenvalue weighted by molar-refractivity contribution is 6.30. The van der Waals surface area contributed by atoms with Crippen LogP contribution in [-0.2, 0) is 0 Å². The summed E-state index contributed by atoms with van der Waals surface area (Å²) in [5.41, 5.74) is 2.37. The predicted molar refractivity (Wildman–Crippen MR) is 63.4 cm³/mol. The number of hydrogen-bond acceptors (Lipinski definition) is 2. The van der Waals surface area contributed by atoms with Crippen LogP contribution in [0.5, 0.6) is 0 Å². The van der Waals surface area contributed by atoms with Crippen molar-refractivity contribution < 1.29 is 9.18 Å². The molecular weight excluding hydrogens is 243 g/mol. The molecule has 2 rings (SSSR count). The highest BCUT2D eigenvalue weighted by atomic mass is 35.5. The molecule has 2 aromatic rings. The van der Waals surface area contributed by atoms with Crippen LogP contribution in [0.15, 0.2) is 18.2 Å². The smallest absolute Gasteiger partial charge is 0.153 e. The first-order valence-corrected chi connectivity index (χ1v) is 5.39. The van der Waals surface area contributed by atoms with Crippen LogP contribution in [0.3, 0.4) is 0 Å². The van der Waals surface area contributed by atoms with Gasteiger partial charge < -0.3 is 0 Å². The molecular formula is C12H10ClFN2O. The van der Waals surface area contributed by atoms with Crippen LogP contribution in [0.1, 0.15) is 21.7 Å². The Balaban J connectivity index is 2.60. The highest BCUT2D eigenvalue weighted by Gasteiger charge is 2.12. The Hall–Kier alpha value is -1.68. The number of carbonyl (C=O) groups excluding carboxylic acids is 1. The molecule has 5 heteroatoms. The van der Waals surface area contributed by atoms with Crippen molar-refractivity contribution in [2.45, 2.75) is 13.8 Å². The molecule has 17 heavy (non-hydrogen) atoms. The van der Waals surface area contributed by atoms with Crippen LogP contribution >= 0.6 is 11.6 Å². The minimum absolute atomic E-state index is 0.0610. The van der Waals surface area contributed by atoms with Gasteiger partial charge in [-0.15, -0.1) is 0 Å². The summed E-state index contributed by atoms with van der Waals surface area (Å²) in [6, 6.07) is 4.40. The van der Waals surface area contributed by atoms with Crippen molar-refractivity contribution in [2.24, 2.45) is 0 Å². The summed E-state index contributed by atoms with van der Waals surface area (Å²) in [5, 5.41) is 4.26. The maximum absolute atomic E-state index is 13.3. The van der Waals surface area contributed by atoms with Crippen molar-refractivity contribution in [3.05, 3.63) is 46.0 Å². The molecule has 0 bridgehead atoms. The van der Waals surface area contributed by atoms with Crippen LogP contribution in [0, 0.1) is 19.7 Å². The highest BCUT2D eigenvalue weighted by Crippen LogP contribution is 2.21. The van der Waals surface area contributed by atoms with Crippen molar-refractivity contribution in [3.63, 3.8) is 0 Å². The van der Waals surface area contributed by atoms with Gasteiger partial charge in [-0.05, 0) is 26.0 Å². The van der Waals surface area contributed by atoms with E-state index in [1.807, 2.05) is 0 Å². The fourth-order valence-electron chi connectivity index (χ4n) is 1.69. The van der Waals surface area contributed by atoms with Gasteiger partial charge in [0, 0.05) is 6.07 Å². The van der Waals surface area contributed by atoms with E-state index >= 15 is 0 Å². The molecule has 0 aliphatic rings. The molecule has 3 nitrogen and oxygen atoms in total. The first kappa shape index (κ1) is 11.8. The average Bonchev–Trinajstić information content (AvgIpc) is 2.58. The lowest BCUT2D eigenvalue weighted by molar-refractivity contribution is 0.112. The summed E-state index contributed by atoms with van der Waals surface area (Å²) < 4.78 is 14.9. The lowest BCUT2D eigenvalue weighted by atomic mass is 10.2. The van der Waals surface area contributed by atoms with Crippen LogP contribution in [0.25, 0.3) is 5.69 Å². The van der Waals surface area contributed by atoms with E-state index in [0.717, 1.165) is 6.29 Å². The second-order valence-corrected chi connectivity index (χ2v) is 4.12. The fraction of sp³-hybridized carbons (Fsp3) is 0.167. The standard InChI is InChI=1S/C12H10ClFN2O/c1-7-10(6-17)8(2)16(15-7)9-3-4-11(13)12(14)5-9/h3-6H,1-2H3. The van der Waals surface area contributed by atoms with Crippen molar-refractivity contribution >= 4 is 17.9 Å². The molecule has 88 valence electrons. The van der Waals surface area contributed by atoms with Crippen LogP contribution < -0.4 is 0 Å². The quantitative estimate of drug-likeness (QED) is 0.770. The Bertz CT molecular complexity index is 592. The Kier molecular flexibility index (Phi) is 2.98. The molecule has 0 aliphatic carbocycles. The topological polar surface area (TPSA) is 34.9 Å². The minimum atomic E-state index is -0.510. The molecule has 0 unspecified atom stereocenters. The third-order valence-electron chi connectivity index (χ3n) is 2.61. The molecule has 1 heterocycles. The molecule has 0 amide bonds. The van der Waals surface area contributed by atoms with Gasteiger partial charge in [0.1, 0.15) is 5.82 Å². The van der Waals surface area contributed by atoms with E-state index in [1.54, 1.807) is 19.9 Å². The zero-order chi connectivity index (χ0) is 12.6. The molecule has 0 saturated heterocycles. The number of rotatable bonds is 2. The summed E-state index contributed by atoms with van der Waals surface area (Å²) in [7, 11) is 0. The number of aldehydes is 1. The number of nitrogens with zero attached hydrogens (tertiary/aromatic N) is 2. The number of benzene rings is 1. The molecule has 0 saturated carbocycles. The third-order valence-corrected chi connectivity index (χ3v) is 2.92. The molecule has 0 N–H and O–H groups in total. The summed E-state index contributed by atoms with van der Waals surface area (Å²) in [6.45, 7) is 3.50. The first-order chi connectivity index (χ1) is 8.04. The van der Waals surface area contributed by atoms with E-state index in [1.165, 1.54) is 16.8 Å². The molecule has 0 spiro atoms. The van der Waals surface area contributed by atoms with Gasteiger partial charge in [-0.3, -0.25) is 4.79 Å². The molecule has 0 fully saturated rings. The second kappa shape index (κ2) is 4.30. The van der Waals surface area contributed by atoms with E-state index in [0.29, 0.717) is 22.6 Å². The minimum Gasteiger partial charge on any atom is -0.298 e. The SMILES string of the molecule is Cc1nn(-c2ccc(Cl)c(F)c2)c(C)c1C=O. The maximum Gasteiger partial charge on any atom is 0.153 e. The summed E-state index contributed by atoms with van der Waals surface area (Å²) in [6.07, 6.45) is 0.750. The van der Waals surface area contributed by atoms with Gasteiger partial charge in [-0.1, -0.05) is 11.6 Å². The van der Waals surface area contributed by atoms with Gasteiger partial charge in [0.25, 0.3) is 0 Å². The number of aryl methyl sites for hydroxylation is 1. The molecule has 0 aliphatic heterocycles. The lowest BCUT2D eigenvalue weighted by Gasteiger charge is -2.05. The number of aromatic nitrogens is 2. The third kappa shape index (κ3) is 1.96. The van der Waals surface area contributed by atoms with Gasteiger partial charge in [0.15, 0.2) is 6.29 Å². The summed E-state index contributed by atoms with van der Waals surface area (Å²) in [4.78, 5) is 10.9. The van der Waals surface area contributed by atoms with Crippen molar-refractivity contribution in [1.29, 1.82) is 0 Å². The van der Waals surface area contributed by atoms with Crippen molar-refractivity contribution in [2.75, 3.05) is 0 Å². The van der Waals surface area contributed by atoms with Gasteiger partial charge >= 0.3 is 0 Å². The second-order valence-electron chi connectivity index (χ2n) is 3.71. The largest absolute Gasteiger partial charge is 0.298 e. The first-order valence-electron chi connectivity index (χ1n) is 5.01. The fourth-order valence-corrected chi connectivity index (χ4v) is 1.81. The Morgan fingerprint density at radius 3 is 2.65 bits per heavy atom. The van der Waals surface area contributed by atoms with E-state index in [2.05, 4.69) is 5.10 Å². The number of halogens is 2. The monoisotopic (exact) mass is 252 g/mol. The molecule has 0 radical (unpaired) electrons. The lowest BCUT2D eigenvalue weighted by Crippen LogP contribution is -2.00. The van der Waals surface area contributed by atoms with Gasteiger partial charge in [0.05, 0.1) is 27.7 Å². The normalized spacial score (nSPS) is 10.6. The van der Waals surface area contributed by atoms with Crippen LogP contribution in [0.4, 0.5) is 4.39 Å². The van der Waals surface area contributed by atoms with Crippen LogP contribution in [0.2, 0.25) is 5.02 Å².